The molecule has 1 heterocycles. The number of nitrogens with zero attached hydrogens (tertiary/aromatic N) is 1. The SMILES string of the molecule is O=C1CN(c2ccccc2)NNC1=O. The summed E-state index contributed by atoms with van der Waals surface area (Å²) in [7, 11) is 0. The van der Waals surface area contributed by atoms with Crippen LogP contribution < -0.4 is 16.0 Å². The van der Waals surface area contributed by atoms with Gasteiger partial charge in [0.15, 0.2) is 0 Å². The first-order valence-corrected chi connectivity index (χ1v) is 4.19. The standard InChI is InChI=1S/C9H9N3O2/c13-8-6-12(11-10-9(8)14)7-4-2-1-3-5-7/h1-5,11H,6H2,(H,10,14). The van der Waals surface area contributed by atoms with Crippen molar-refractivity contribution in [1.29, 1.82) is 0 Å². The molecule has 1 saturated heterocycles. The quantitative estimate of drug-likeness (QED) is 0.593. The average molecular weight is 191 g/mol. The number of carbonyl (C=O) groups is 2. The van der Waals surface area contributed by atoms with Crippen molar-refractivity contribution in [2.45, 2.75) is 0 Å². The third-order valence-corrected chi connectivity index (χ3v) is 1.93. The number of hydrazine groups is 2. The molecule has 1 fully saturated rings. The molecule has 5 nitrogen and oxygen atoms in total. The molecule has 0 radical (unpaired) electrons. The summed E-state index contributed by atoms with van der Waals surface area (Å²) in [5.74, 6) is -1.05. The van der Waals surface area contributed by atoms with E-state index in [4.69, 9.17) is 0 Å². The Morgan fingerprint density at radius 3 is 2.50 bits per heavy atom. The molecule has 1 aromatic rings. The van der Waals surface area contributed by atoms with Crippen LogP contribution in [0.5, 0.6) is 0 Å². The smallest absolute Gasteiger partial charge is 0.287 e. The molecule has 0 saturated carbocycles. The molecule has 0 atom stereocenters. The van der Waals surface area contributed by atoms with Crippen LogP contribution in [0.4, 0.5) is 5.69 Å². The molecule has 0 bridgehead atoms. The Balaban J connectivity index is 2.14. The zero-order valence-electron chi connectivity index (χ0n) is 7.36. The van der Waals surface area contributed by atoms with Gasteiger partial charge in [0.25, 0.3) is 0 Å². The van der Waals surface area contributed by atoms with Crippen LogP contribution in [0.25, 0.3) is 0 Å². The van der Waals surface area contributed by atoms with E-state index in [2.05, 4.69) is 11.0 Å². The zero-order valence-corrected chi connectivity index (χ0v) is 7.36. The van der Waals surface area contributed by atoms with Crippen LogP contribution >= 0.6 is 0 Å². The summed E-state index contributed by atoms with van der Waals surface area (Å²) < 4.78 is 0. The normalized spacial score (nSPS) is 16.7. The van der Waals surface area contributed by atoms with E-state index in [1.165, 1.54) is 0 Å². The summed E-state index contributed by atoms with van der Waals surface area (Å²) in [5.41, 5.74) is 5.73. The number of hydrogen-bond donors (Lipinski definition) is 2. The second kappa shape index (κ2) is 3.47. The number of rotatable bonds is 1. The van der Waals surface area contributed by atoms with Gasteiger partial charge in [-0.1, -0.05) is 18.2 Å². The van der Waals surface area contributed by atoms with Crippen molar-refractivity contribution in [1.82, 2.24) is 11.0 Å². The van der Waals surface area contributed by atoms with Crippen LogP contribution in [-0.4, -0.2) is 18.2 Å². The number of ketones is 1. The molecule has 5 heteroatoms. The lowest BCUT2D eigenvalue weighted by Crippen LogP contribution is -2.60. The van der Waals surface area contributed by atoms with Crippen LogP contribution in [-0.2, 0) is 9.59 Å². The van der Waals surface area contributed by atoms with Crippen molar-refractivity contribution < 1.29 is 9.59 Å². The summed E-state index contributed by atoms with van der Waals surface area (Å²) in [4.78, 5) is 21.9. The predicted molar refractivity (Wildman–Crippen MR) is 50.1 cm³/mol. The highest BCUT2D eigenvalue weighted by molar-refractivity contribution is 6.37. The van der Waals surface area contributed by atoms with Crippen molar-refractivity contribution in [2.24, 2.45) is 0 Å². The molecule has 1 amide bonds. The fourth-order valence-corrected chi connectivity index (χ4v) is 1.21. The predicted octanol–water partition coefficient (Wildman–Crippen LogP) is -0.389. The van der Waals surface area contributed by atoms with Gasteiger partial charge in [-0.25, -0.2) is 0 Å². The average Bonchev–Trinajstić information content (AvgIpc) is 2.23. The van der Waals surface area contributed by atoms with E-state index in [1.807, 2.05) is 30.3 Å². The fraction of sp³-hybridized carbons (Fsp3) is 0.111. The summed E-state index contributed by atoms with van der Waals surface area (Å²) in [6.07, 6.45) is 0. The molecule has 0 unspecified atom stereocenters. The number of anilines is 1. The first kappa shape index (κ1) is 8.71. The number of hydrogen-bond acceptors (Lipinski definition) is 4. The number of carbonyl (C=O) groups excluding carboxylic acids is 2. The van der Waals surface area contributed by atoms with Gasteiger partial charge in [-0.3, -0.25) is 20.0 Å². The molecule has 0 aliphatic carbocycles. The molecule has 0 spiro atoms. The highest BCUT2D eigenvalue weighted by Crippen LogP contribution is 2.10. The monoisotopic (exact) mass is 191 g/mol. The zero-order chi connectivity index (χ0) is 9.97. The number of nitrogens with one attached hydrogen (secondary N) is 2. The Morgan fingerprint density at radius 2 is 1.86 bits per heavy atom. The van der Waals surface area contributed by atoms with Gasteiger partial charge < -0.3 is 0 Å². The van der Waals surface area contributed by atoms with E-state index >= 15 is 0 Å². The Kier molecular flexibility index (Phi) is 2.16. The summed E-state index contributed by atoms with van der Waals surface area (Å²) >= 11 is 0. The third-order valence-electron chi connectivity index (χ3n) is 1.93. The van der Waals surface area contributed by atoms with Gasteiger partial charge in [0.2, 0.25) is 5.78 Å². The molecule has 1 aliphatic rings. The number of amides is 1. The minimum atomic E-state index is -0.600. The Hall–Kier alpha value is -1.88. The molecular weight excluding hydrogens is 182 g/mol. The molecule has 72 valence electrons. The van der Waals surface area contributed by atoms with Crippen LogP contribution in [0, 0.1) is 0 Å². The van der Waals surface area contributed by atoms with Gasteiger partial charge in [0.1, 0.15) is 6.54 Å². The summed E-state index contributed by atoms with van der Waals surface area (Å²) in [6, 6.07) is 9.29. The van der Waals surface area contributed by atoms with Crippen molar-refractivity contribution >= 4 is 17.4 Å². The van der Waals surface area contributed by atoms with E-state index in [1.54, 1.807) is 5.01 Å². The van der Waals surface area contributed by atoms with Crippen LogP contribution in [0.15, 0.2) is 30.3 Å². The summed E-state index contributed by atoms with van der Waals surface area (Å²) in [6.45, 7) is 0.0514. The maximum absolute atomic E-state index is 11.1. The van der Waals surface area contributed by atoms with Crippen molar-refractivity contribution in [3.05, 3.63) is 30.3 Å². The second-order valence-corrected chi connectivity index (χ2v) is 2.91. The molecule has 1 aromatic carbocycles. The van der Waals surface area contributed by atoms with E-state index < -0.39 is 11.7 Å². The number of Topliss-reactive ketones (excluding diaryl/α,β-unsaturated/α-hetero) is 1. The molecule has 1 aliphatic heterocycles. The van der Waals surface area contributed by atoms with Gasteiger partial charge in [-0.05, 0) is 12.1 Å². The second-order valence-electron chi connectivity index (χ2n) is 2.91. The van der Waals surface area contributed by atoms with E-state index in [0.717, 1.165) is 5.69 Å². The van der Waals surface area contributed by atoms with Gasteiger partial charge in [-0.15, -0.1) is 5.53 Å². The Morgan fingerprint density at radius 1 is 1.14 bits per heavy atom. The minimum Gasteiger partial charge on any atom is -0.287 e. The Labute approximate surface area is 80.6 Å². The Bertz CT molecular complexity index is 364. The lowest BCUT2D eigenvalue weighted by molar-refractivity contribution is -0.139. The molecule has 0 aromatic heterocycles. The molecule has 2 rings (SSSR count). The van der Waals surface area contributed by atoms with Gasteiger partial charge in [0.05, 0.1) is 5.69 Å². The van der Waals surface area contributed by atoms with E-state index in [0.29, 0.717) is 0 Å². The van der Waals surface area contributed by atoms with Crippen molar-refractivity contribution in [3.63, 3.8) is 0 Å². The maximum atomic E-state index is 11.1. The van der Waals surface area contributed by atoms with Crippen molar-refractivity contribution in [3.8, 4) is 0 Å². The highest BCUT2D eigenvalue weighted by atomic mass is 16.2. The first-order valence-electron chi connectivity index (χ1n) is 4.19. The number of benzene rings is 1. The van der Waals surface area contributed by atoms with Gasteiger partial charge >= 0.3 is 5.91 Å². The number of para-hydroxylation sites is 1. The van der Waals surface area contributed by atoms with Gasteiger partial charge in [0, 0.05) is 0 Å². The lowest BCUT2D eigenvalue weighted by atomic mass is 10.3. The topological polar surface area (TPSA) is 61.4 Å². The largest absolute Gasteiger partial charge is 0.304 e. The highest BCUT2D eigenvalue weighted by Gasteiger charge is 2.23. The molecular formula is C9H9N3O2. The van der Waals surface area contributed by atoms with E-state index in [9.17, 15) is 9.59 Å². The fourth-order valence-electron chi connectivity index (χ4n) is 1.21. The van der Waals surface area contributed by atoms with Gasteiger partial charge in [-0.2, -0.15) is 0 Å². The third kappa shape index (κ3) is 1.57. The first-order chi connectivity index (χ1) is 6.77. The van der Waals surface area contributed by atoms with Crippen LogP contribution in [0.3, 0.4) is 0 Å². The minimum absolute atomic E-state index is 0.0514. The van der Waals surface area contributed by atoms with Crippen LogP contribution in [0.2, 0.25) is 0 Å². The van der Waals surface area contributed by atoms with E-state index in [-0.39, 0.29) is 6.54 Å². The molecule has 14 heavy (non-hydrogen) atoms. The lowest BCUT2D eigenvalue weighted by Gasteiger charge is -2.28. The summed E-state index contributed by atoms with van der Waals surface area (Å²) in [5, 5.41) is 1.57. The van der Waals surface area contributed by atoms with Crippen molar-refractivity contribution in [2.75, 3.05) is 11.6 Å². The van der Waals surface area contributed by atoms with Crippen LogP contribution in [0.1, 0.15) is 0 Å². The maximum Gasteiger partial charge on any atom is 0.304 e. The molecule has 2 N–H and O–H groups in total.